The van der Waals surface area contributed by atoms with Crippen molar-refractivity contribution in [2.75, 3.05) is 26.2 Å². The summed E-state index contributed by atoms with van der Waals surface area (Å²) in [6, 6.07) is 0.299. The van der Waals surface area contributed by atoms with Crippen LogP contribution in [0.4, 0.5) is 0 Å². The molecule has 1 aromatic heterocycles. The smallest absolute Gasteiger partial charge is 0.270 e. The Balaban J connectivity index is 1.44. The number of piperidine rings is 1. The highest BCUT2D eigenvalue weighted by atomic mass is 32.1. The van der Waals surface area contributed by atoms with E-state index < -0.39 is 0 Å². The first kappa shape index (κ1) is 14.9. The molecule has 2 heterocycles. The fourth-order valence-electron chi connectivity index (χ4n) is 2.84. The van der Waals surface area contributed by atoms with Gasteiger partial charge in [0.2, 0.25) is 0 Å². The van der Waals surface area contributed by atoms with Gasteiger partial charge in [0.1, 0.15) is 5.69 Å². The van der Waals surface area contributed by atoms with Crippen molar-refractivity contribution in [1.82, 2.24) is 15.2 Å². The van der Waals surface area contributed by atoms with Crippen molar-refractivity contribution < 1.29 is 4.79 Å². The van der Waals surface area contributed by atoms with Crippen molar-refractivity contribution in [2.24, 2.45) is 11.7 Å². The van der Waals surface area contributed by atoms with Gasteiger partial charge in [0.05, 0.1) is 5.01 Å². The molecule has 1 saturated carbocycles. The number of nitrogens with one attached hydrogen (secondary N) is 1. The molecule has 3 N–H and O–H groups in total. The van der Waals surface area contributed by atoms with E-state index in [0.717, 1.165) is 43.3 Å². The molecule has 1 aliphatic carbocycles. The maximum atomic E-state index is 12.2. The van der Waals surface area contributed by atoms with Gasteiger partial charge in [-0.15, -0.1) is 11.3 Å². The van der Waals surface area contributed by atoms with E-state index >= 15 is 0 Å². The average Bonchev–Trinajstić information content (AvgIpc) is 3.17. The van der Waals surface area contributed by atoms with Crippen LogP contribution in [0.25, 0.3) is 0 Å². The van der Waals surface area contributed by atoms with Gasteiger partial charge in [-0.1, -0.05) is 0 Å². The Kier molecular flexibility index (Phi) is 4.87. The van der Waals surface area contributed by atoms with Crippen LogP contribution in [0.5, 0.6) is 0 Å². The number of nitrogens with zero attached hydrogens (tertiary/aromatic N) is 2. The molecule has 0 radical (unpaired) electrons. The summed E-state index contributed by atoms with van der Waals surface area (Å²) >= 11 is 1.52. The van der Waals surface area contributed by atoms with E-state index in [4.69, 9.17) is 5.73 Å². The minimum absolute atomic E-state index is 0.0323. The van der Waals surface area contributed by atoms with Gasteiger partial charge >= 0.3 is 0 Å². The molecule has 1 amide bonds. The number of thiazole rings is 1. The average molecular weight is 308 g/mol. The van der Waals surface area contributed by atoms with Crippen LogP contribution in [0.3, 0.4) is 0 Å². The molecule has 0 spiro atoms. The van der Waals surface area contributed by atoms with Gasteiger partial charge in [0.15, 0.2) is 0 Å². The summed E-state index contributed by atoms with van der Waals surface area (Å²) in [4.78, 5) is 19.1. The number of carbonyl (C=O) groups is 1. The van der Waals surface area contributed by atoms with E-state index in [1.807, 2.05) is 5.38 Å². The second-order valence-electron chi connectivity index (χ2n) is 6.16. The molecular formula is C15H24N4OS. The Labute approximate surface area is 129 Å². The van der Waals surface area contributed by atoms with Gasteiger partial charge in [-0.05, 0) is 38.1 Å². The van der Waals surface area contributed by atoms with Crippen LogP contribution in [0.2, 0.25) is 0 Å². The molecule has 0 atom stereocenters. The summed E-state index contributed by atoms with van der Waals surface area (Å²) in [6.45, 7) is 4.05. The molecule has 3 rings (SSSR count). The summed E-state index contributed by atoms with van der Waals surface area (Å²) in [7, 11) is 0. The van der Waals surface area contributed by atoms with E-state index in [9.17, 15) is 4.79 Å². The molecule has 0 bridgehead atoms. The molecular weight excluding hydrogens is 284 g/mol. The zero-order chi connectivity index (χ0) is 14.7. The molecule has 2 aliphatic rings. The van der Waals surface area contributed by atoms with Crippen molar-refractivity contribution in [3.63, 3.8) is 0 Å². The van der Waals surface area contributed by atoms with Crippen molar-refractivity contribution in [3.05, 3.63) is 16.1 Å². The number of hydrogen-bond acceptors (Lipinski definition) is 5. The molecule has 0 unspecified atom stereocenters. The second kappa shape index (κ2) is 6.85. The monoisotopic (exact) mass is 308 g/mol. The molecule has 6 heteroatoms. The van der Waals surface area contributed by atoms with Crippen LogP contribution in [0.15, 0.2) is 5.38 Å². The number of rotatable bonds is 6. The Bertz CT molecular complexity index is 478. The minimum Gasteiger partial charge on any atom is -0.348 e. The summed E-state index contributed by atoms with van der Waals surface area (Å²) in [6.07, 6.45) is 5.67. The number of amides is 1. The Hall–Kier alpha value is -0.980. The summed E-state index contributed by atoms with van der Waals surface area (Å²) in [5.74, 6) is 0.919. The lowest BCUT2D eigenvalue weighted by molar-refractivity contribution is 0.0905. The number of likely N-dealkylation sites (tertiary alicyclic amines) is 1. The van der Waals surface area contributed by atoms with Crippen molar-refractivity contribution in [3.8, 4) is 0 Å². The minimum atomic E-state index is -0.0323. The van der Waals surface area contributed by atoms with Gasteiger partial charge in [-0.25, -0.2) is 4.98 Å². The maximum absolute atomic E-state index is 12.2. The quantitative estimate of drug-likeness (QED) is 0.830. The lowest BCUT2D eigenvalue weighted by Crippen LogP contribution is -2.45. The molecule has 21 heavy (non-hydrogen) atoms. The van der Waals surface area contributed by atoms with Gasteiger partial charge in [0.25, 0.3) is 5.91 Å². The number of carbonyl (C=O) groups excluding carboxylic acids is 1. The molecule has 5 nitrogen and oxygen atoms in total. The van der Waals surface area contributed by atoms with Gasteiger partial charge in [-0.2, -0.15) is 0 Å². The van der Waals surface area contributed by atoms with E-state index in [-0.39, 0.29) is 5.91 Å². The standard InChI is InChI=1S/C15H24N4OS/c16-6-3-14-18-13(10-21-14)15(20)17-12-4-7-19(8-5-12)9-11-1-2-11/h10-12H,1-9,16H2,(H,17,20). The number of nitrogens with two attached hydrogens (primary N) is 1. The predicted molar refractivity (Wildman–Crippen MR) is 84.5 cm³/mol. The van der Waals surface area contributed by atoms with Crippen LogP contribution < -0.4 is 11.1 Å². The number of aromatic nitrogens is 1. The third-order valence-electron chi connectivity index (χ3n) is 4.28. The fourth-order valence-corrected chi connectivity index (χ4v) is 3.63. The van der Waals surface area contributed by atoms with Crippen LogP contribution in [-0.4, -0.2) is 48.0 Å². The maximum Gasteiger partial charge on any atom is 0.270 e. The molecule has 1 aromatic rings. The van der Waals surface area contributed by atoms with E-state index in [0.29, 0.717) is 18.3 Å². The lowest BCUT2D eigenvalue weighted by atomic mass is 10.0. The van der Waals surface area contributed by atoms with E-state index in [2.05, 4.69) is 15.2 Å². The molecule has 2 fully saturated rings. The Morgan fingerprint density at radius 3 is 2.81 bits per heavy atom. The van der Waals surface area contributed by atoms with Gasteiger partial charge < -0.3 is 16.0 Å². The molecule has 1 saturated heterocycles. The van der Waals surface area contributed by atoms with Crippen molar-refractivity contribution >= 4 is 17.2 Å². The summed E-state index contributed by atoms with van der Waals surface area (Å²) < 4.78 is 0. The molecule has 116 valence electrons. The van der Waals surface area contributed by atoms with Gasteiger partial charge in [0, 0.05) is 37.5 Å². The van der Waals surface area contributed by atoms with E-state index in [1.54, 1.807) is 0 Å². The van der Waals surface area contributed by atoms with Crippen LogP contribution >= 0.6 is 11.3 Å². The van der Waals surface area contributed by atoms with Crippen LogP contribution in [-0.2, 0) is 6.42 Å². The van der Waals surface area contributed by atoms with Crippen LogP contribution in [0, 0.1) is 5.92 Å². The van der Waals surface area contributed by atoms with E-state index in [1.165, 1.54) is 30.7 Å². The number of hydrogen-bond donors (Lipinski definition) is 2. The largest absolute Gasteiger partial charge is 0.348 e. The van der Waals surface area contributed by atoms with Gasteiger partial charge in [-0.3, -0.25) is 4.79 Å². The zero-order valence-electron chi connectivity index (χ0n) is 12.4. The SMILES string of the molecule is NCCc1nc(C(=O)NC2CCN(CC3CC3)CC2)cs1. The lowest BCUT2D eigenvalue weighted by Gasteiger charge is -2.32. The Morgan fingerprint density at radius 2 is 2.14 bits per heavy atom. The first-order chi connectivity index (χ1) is 10.2. The topological polar surface area (TPSA) is 71.2 Å². The highest BCUT2D eigenvalue weighted by Gasteiger charge is 2.27. The second-order valence-corrected chi connectivity index (χ2v) is 7.10. The summed E-state index contributed by atoms with van der Waals surface area (Å²) in [5, 5.41) is 5.91. The predicted octanol–water partition coefficient (Wildman–Crippen LogP) is 1.25. The third-order valence-corrected chi connectivity index (χ3v) is 5.19. The Morgan fingerprint density at radius 1 is 1.38 bits per heavy atom. The normalized spacial score (nSPS) is 20.6. The summed E-state index contributed by atoms with van der Waals surface area (Å²) in [5.41, 5.74) is 6.05. The first-order valence-electron chi connectivity index (χ1n) is 7.92. The molecule has 0 aromatic carbocycles. The van der Waals surface area contributed by atoms with Crippen LogP contribution in [0.1, 0.15) is 41.2 Å². The van der Waals surface area contributed by atoms with Crippen molar-refractivity contribution in [1.29, 1.82) is 0 Å². The molecule has 1 aliphatic heterocycles. The van der Waals surface area contributed by atoms with Crippen molar-refractivity contribution in [2.45, 2.75) is 38.1 Å². The fraction of sp³-hybridized carbons (Fsp3) is 0.733. The highest BCUT2D eigenvalue weighted by molar-refractivity contribution is 7.09. The first-order valence-corrected chi connectivity index (χ1v) is 8.80. The third kappa shape index (κ3) is 4.25. The zero-order valence-corrected chi connectivity index (χ0v) is 13.2. The highest BCUT2D eigenvalue weighted by Crippen LogP contribution is 2.30.